The molecule has 1 fully saturated rings. The zero-order valence-corrected chi connectivity index (χ0v) is 12.5. The molecule has 0 aromatic carbocycles. The maximum absolute atomic E-state index is 6.17. The number of hydrogen-bond donors (Lipinski definition) is 1. The van der Waals surface area contributed by atoms with Crippen LogP contribution in [0.5, 0.6) is 0 Å². The van der Waals surface area contributed by atoms with E-state index < -0.39 is 0 Å². The molecule has 0 heterocycles. The summed E-state index contributed by atoms with van der Waals surface area (Å²) in [6, 6.07) is 0.452. The van der Waals surface area contributed by atoms with Gasteiger partial charge in [-0.15, -0.1) is 0 Å². The summed E-state index contributed by atoms with van der Waals surface area (Å²) in [7, 11) is 0. The Labute approximate surface area is 109 Å². The van der Waals surface area contributed by atoms with E-state index in [-0.39, 0.29) is 0 Å². The number of hydrogen-bond acceptors (Lipinski definition) is 1. The Kier molecular flexibility index (Phi) is 5.50. The van der Waals surface area contributed by atoms with Gasteiger partial charge in [0.2, 0.25) is 0 Å². The molecule has 1 nitrogen and oxygen atoms in total. The molecule has 0 aromatic rings. The van der Waals surface area contributed by atoms with E-state index in [2.05, 4.69) is 27.7 Å². The van der Waals surface area contributed by atoms with Crippen molar-refractivity contribution in [3.63, 3.8) is 0 Å². The molecule has 17 heavy (non-hydrogen) atoms. The van der Waals surface area contributed by atoms with Crippen molar-refractivity contribution in [3.8, 4) is 0 Å². The normalized spacial score (nSPS) is 31.2. The Bertz CT molecular complexity index is 218. The van der Waals surface area contributed by atoms with E-state index in [0.717, 1.165) is 0 Å². The second-order valence-corrected chi connectivity index (χ2v) is 7.73. The quantitative estimate of drug-likeness (QED) is 0.640. The Morgan fingerprint density at radius 2 is 1.18 bits per heavy atom. The molecule has 0 bridgehead atoms. The van der Waals surface area contributed by atoms with E-state index >= 15 is 0 Å². The van der Waals surface area contributed by atoms with Gasteiger partial charge in [0.05, 0.1) is 0 Å². The molecule has 0 radical (unpaired) electrons. The van der Waals surface area contributed by atoms with Crippen LogP contribution in [0.4, 0.5) is 0 Å². The van der Waals surface area contributed by atoms with Gasteiger partial charge < -0.3 is 5.73 Å². The summed E-state index contributed by atoms with van der Waals surface area (Å²) in [4.78, 5) is 0. The van der Waals surface area contributed by atoms with Crippen LogP contribution in [0.25, 0.3) is 0 Å². The molecule has 1 aliphatic rings. The lowest BCUT2D eigenvalue weighted by Crippen LogP contribution is -2.23. The van der Waals surface area contributed by atoms with Crippen LogP contribution in [-0.4, -0.2) is 6.04 Å². The molecule has 1 atom stereocenters. The van der Waals surface area contributed by atoms with Gasteiger partial charge in [0.1, 0.15) is 0 Å². The SMILES string of the molecule is CC1(C)CCCCC(N)CCCC(C)(C)CC1. The summed E-state index contributed by atoms with van der Waals surface area (Å²) >= 11 is 0. The van der Waals surface area contributed by atoms with Crippen molar-refractivity contribution in [2.24, 2.45) is 16.6 Å². The van der Waals surface area contributed by atoms with Crippen molar-refractivity contribution < 1.29 is 0 Å². The van der Waals surface area contributed by atoms with Gasteiger partial charge in [-0.1, -0.05) is 47.0 Å². The fraction of sp³-hybridized carbons (Fsp3) is 1.00. The fourth-order valence-corrected chi connectivity index (χ4v) is 2.92. The third-order valence-corrected chi connectivity index (χ3v) is 4.59. The third-order valence-electron chi connectivity index (χ3n) is 4.59. The van der Waals surface area contributed by atoms with Crippen LogP contribution in [0.1, 0.15) is 85.5 Å². The van der Waals surface area contributed by atoms with E-state index in [1.54, 1.807) is 0 Å². The highest BCUT2D eigenvalue weighted by Gasteiger charge is 2.24. The van der Waals surface area contributed by atoms with E-state index in [0.29, 0.717) is 16.9 Å². The molecule has 1 rings (SSSR count). The molecule has 0 amide bonds. The van der Waals surface area contributed by atoms with E-state index in [1.807, 2.05) is 0 Å². The van der Waals surface area contributed by atoms with Crippen molar-refractivity contribution in [3.05, 3.63) is 0 Å². The lowest BCUT2D eigenvalue weighted by Gasteiger charge is -2.32. The summed E-state index contributed by atoms with van der Waals surface area (Å²) < 4.78 is 0. The van der Waals surface area contributed by atoms with Gasteiger partial charge in [-0.25, -0.2) is 0 Å². The van der Waals surface area contributed by atoms with E-state index in [9.17, 15) is 0 Å². The van der Waals surface area contributed by atoms with Gasteiger partial charge in [-0.2, -0.15) is 0 Å². The van der Waals surface area contributed by atoms with Crippen LogP contribution < -0.4 is 5.73 Å². The molecule has 2 N–H and O–H groups in total. The largest absolute Gasteiger partial charge is 0.328 e. The maximum Gasteiger partial charge on any atom is 0.00388 e. The van der Waals surface area contributed by atoms with Gasteiger partial charge in [0, 0.05) is 6.04 Å². The summed E-state index contributed by atoms with van der Waals surface area (Å²) in [6.45, 7) is 9.74. The molecule has 1 unspecified atom stereocenters. The minimum atomic E-state index is 0.452. The zero-order chi connectivity index (χ0) is 12.9. The predicted octanol–water partition coefficient (Wildman–Crippen LogP) is 4.89. The van der Waals surface area contributed by atoms with Gasteiger partial charge in [-0.05, 0) is 49.4 Å². The van der Waals surface area contributed by atoms with Crippen LogP contribution in [0.15, 0.2) is 0 Å². The highest BCUT2D eigenvalue weighted by molar-refractivity contribution is 4.77. The van der Waals surface area contributed by atoms with Crippen LogP contribution in [-0.2, 0) is 0 Å². The molecular weight excluding hydrogens is 206 g/mol. The van der Waals surface area contributed by atoms with Crippen molar-refractivity contribution >= 4 is 0 Å². The van der Waals surface area contributed by atoms with Crippen LogP contribution in [0.3, 0.4) is 0 Å². The first-order chi connectivity index (χ1) is 7.81. The molecular formula is C16H33N. The second-order valence-electron chi connectivity index (χ2n) is 7.73. The average molecular weight is 239 g/mol. The van der Waals surface area contributed by atoms with Gasteiger partial charge >= 0.3 is 0 Å². The molecule has 1 saturated carbocycles. The monoisotopic (exact) mass is 239 g/mol. The van der Waals surface area contributed by atoms with Gasteiger partial charge in [0.15, 0.2) is 0 Å². The highest BCUT2D eigenvalue weighted by Crippen LogP contribution is 2.37. The summed E-state index contributed by atoms with van der Waals surface area (Å²) in [5.41, 5.74) is 7.21. The smallest absolute Gasteiger partial charge is 0.00388 e. The first-order valence-electron chi connectivity index (χ1n) is 7.56. The predicted molar refractivity (Wildman–Crippen MR) is 77.1 cm³/mol. The fourth-order valence-electron chi connectivity index (χ4n) is 2.92. The van der Waals surface area contributed by atoms with Crippen LogP contribution in [0.2, 0.25) is 0 Å². The van der Waals surface area contributed by atoms with Crippen molar-refractivity contribution in [2.75, 3.05) is 0 Å². The molecule has 0 aliphatic heterocycles. The number of nitrogens with two attached hydrogens (primary N) is 1. The standard InChI is InChI=1S/C16H33N/c1-15(2)10-6-5-8-14(17)9-7-11-16(3,4)13-12-15/h14H,5-13,17H2,1-4H3. The summed E-state index contributed by atoms with van der Waals surface area (Å²) in [6.07, 6.45) is 11.9. The molecule has 1 heteroatoms. The van der Waals surface area contributed by atoms with Crippen LogP contribution in [0, 0.1) is 10.8 Å². The molecule has 1 aliphatic carbocycles. The van der Waals surface area contributed by atoms with Crippen LogP contribution >= 0.6 is 0 Å². The number of rotatable bonds is 0. The van der Waals surface area contributed by atoms with Gasteiger partial charge in [-0.3, -0.25) is 0 Å². The highest BCUT2D eigenvalue weighted by atomic mass is 14.6. The molecule has 0 aromatic heterocycles. The Balaban J connectivity index is 2.54. The Morgan fingerprint density at radius 1 is 0.706 bits per heavy atom. The zero-order valence-electron chi connectivity index (χ0n) is 12.5. The average Bonchev–Trinajstić information content (AvgIpc) is 2.21. The first-order valence-corrected chi connectivity index (χ1v) is 7.56. The minimum absolute atomic E-state index is 0.452. The molecule has 0 spiro atoms. The molecule has 102 valence electrons. The first kappa shape index (κ1) is 15.0. The summed E-state index contributed by atoms with van der Waals surface area (Å²) in [5.74, 6) is 0. The van der Waals surface area contributed by atoms with Crippen molar-refractivity contribution in [1.82, 2.24) is 0 Å². The maximum atomic E-state index is 6.17. The third kappa shape index (κ3) is 6.45. The lowest BCUT2D eigenvalue weighted by atomic mass is 9.74. The van der Waals surface area contributed by atoms with E-state index in [4.69, 9.17) is 5.73 Å². The Morgan fingerprint density at radius 3 is 1.76 bits per heavy atom. The Hall–Kier alpha value is -0.0400. The lowest BCUT2D eigenvalue weighted by molar-refractivity contribution is 0.202. The molecule has 0 saturated heterocycles. The van der Waals surface area contributed by atoms with Crippen molar-refractivity contribution in [1.29, 1.82) is 0 Å². The van der Waals surface area contributed by atoms with E-state index in [1.165, 1.54) is 57.8 Å². The summed E-state index contributed by atoms with van der Waals surface area (Å²) in [5, 5.41) is 0. The second kappa shape index (κ2) is 6.22. The topological polar surface area (TPSA) is 26.0 Å². The van der Waals surface area contributed by atoms with Gasteiger partial charge in [0.25, 0.3) is 0 Å². The minimum Gasteiger partial charge on any atom is -0.328 e. The van der Waals surface area contributed by atoms with Crippen molar-refractivity contribution in [2.45, 2.75) is 91.5 Å².